The van der Waals surface area contributed by atoms with Gasteiger partial charge in [0.1, 0.15) is 13.2 Å². The Hall–Kier alpha value is -2.86. The molecule has 1 aliphatic carbocycles. The SMILES string of the molecule is O=C(O)CNNC(=O)OCC1c2ccccc2-c2ccccc21. The largest absolute Gasteiger partial charge is 0.480 e. The molecule has 6 heteroatoms. The monoisotopic (exact) mass is 312 g/mol. The lowest BCUT2D eigenvalue weighted by Gasteiger charge is -2.14. The first-order valence-electron chi connectivity index (χ1n) is 7.22. The number of fused-ring (bicyclic) bond motifs is 3. The van der Waals surface area contributed by atoms with Crippen LogP contribution in [0.3, 0.4) is 0 Å². The van der Waals surface area contributed by atoms with Crippen molar-refractivity contribution in [3.8, 4) is 11.1 Å². The van der Waals surface area contributed by atoms with Crippen LogP contribution in [0.1, 0.15) is 17.0 Å². The Labute approximate surface area is 133 Å². The van der Waals surface area contributed by atoms with E-state index >= 15 is 0 Å². The number of carbonyl (C=O) groups is 2. The molecule has 0 saturated carbocycles. The van der Waals surface area contributed by atoms with Crippen LogP contribution in [0.5, 0.6) is 0 Å². The molecule has 0 aromatic heterocycles. The van der Waals surface area contributed by atoms with Crippen LogP contribution in [0, 0.1) is 0 Å². The van der Waals surface area contributed by atoms with Gasteiger partial charge in [-0.3, -0.25) is 10.2 Å². The van der Waals surface area contributed by atoms with Crippen molar-refractivity contribution in [2.24, 2.45) is 0 Å². The molecule has 0 fully saturated rings. The minimum Gasteiger partial charge on any atom is -0.480 e. The maximum Gasteiger partial charge on any atom is 0.421 e. The zero-order valence-corrected chi connectivity index (χ0v) is 12.3. The summed E-state index contributed by atoms with van der Waals surface area (Å²) in [5.74, 6) is -1.09. The van der Waals surface area contributed by atoms with E-state index in [-0.39, 0.29) is 19.1 Å². The molecule has 0 bridgehead atoms. The van der Waals surface area contributed by atoms with Crippen LogP contribution in [-0.2, 0) is 9.53 Å². The first-order valence-corrected chi connectivity index (χ1v) is 7.22. The van der Waals surface area contributed by atoms with Crippen molar-refractivity contribution < 1.29 is 19.4 Å². The van der Waals surface area contributed by atoms with Gasteiger partial charge in [-0.25, -0.2) is 10.2 Å². The Balaban J connectivity index is 1.69. The Morgan fingerprint density at radius 3 is 2.13 bits per heavy atom. The fraction of sp³-hybridized carbons (Fsp3) is 0.176. The summed E-state index contributed by atoms with van der Waals surface area (Å²) < 4.78 is 5.22. The van der Waals surface area contributed by atoms with E-state index in [1.807, 2.05) is 36.4 Å². The number of carboxylic acid groups (broad SMARTS) is 1. The van der Waals surface area contributed by atoms with Crippen LogP contribution < -0.4 is 10.9 Å². The standard InChI is InChI=1S/C17H16N2O4/c20-16(21)9-18-19-17(22)23-10-15-13-7-3-1-5-11(13)12-6-2-4-8-14(12)15/h1-8,15,18H,9-10H2,(H,19,22)(H,20,21). The number of nitrogens with one attached hydrogen (secondary N) is 2. The first-order chi connectivity index (χ1) is 11.2. The van der Waals surface area contributed by atoms with Gasteiger partial charge in [-0.1, -0.05) is 48.5 Å². The molecule has 3 N–H and O–H groups in total. The normalized spacial score (nSPS) is 12.3. The number of ether oxygens (including phenoxy) is 1. The average Bonchev–Trinajstić information content (AvgIpc) is 2.87. The smallest absolute Gasteiger partial charge is 0.421 e. The molecule has 0 spiro atoms. The summed E-state index contributed by atoms with van der Waals surface area (Å²) >= 11 is 0. The van der Waals surface area contributed by atoms with E-state index in [1.54, 1.807) is 0 Å². The van der Waals surface area contributed by atoms with Crippen LogP contribution in [-0.4, -0.2) is 30.3 Å². The molecule has 23 heavy (non-hydrogen) atoms. The third-order valence-corrected chi connectivity index (χ3v) is 3.77. The number of carboxylic acids is 1. The zero-order chi connectivity index (χ0) is 16.2. The quantitative estimate of drug-likeness (QED) is 0.736. The van der Waals surface area contributed by atoms with E-state index in [2.05, 4.69) is 23.0 Å². The van der Waals surface area contributed by atoms with Crippen molar-refractivity contribution in [1.29, 1.82) is 0 Å². The van der Waals surface area contributed by atoms with Gasteiger partial charge in [0.2, 0.25) is 0 Å². The van der Waals surface area contributed by atoms with Crippen LogP contribution >= 0.6 is 0 Å². The summed E-state index contributed by atoms with van der Waals surface area (Å²) in [7, 11) is 0. The number of hydrazine groups is 1. The van der Waals surface area contributed by atoms with E-state index in [0.29, 0.717) is 0 Å². The van der Waals surface area contributed by atoms with Gasteiger partial charge < -0.3 is 9.84 Å². The number of rotatable bonds is 5. The first kappa shape index (κ1) is 15.1. The lowest BCUT2D eigenvalue weighted by Crippen LogP contribution is -2.41. The molecule has 0 atom stereocenters. The molecular weight excluding hydrogens is 296 g/mol. The maximum absolute atomic E-state index is 11.6. The lowest BCUT2D eigenvalue weighted by atomic mass is 9.98. The fourth-order valence-electron chi connectivity index (χ4n) is 2.83. The molecule has 0 saturated heterocycles. The second kappa shape index (κ2) is 6.50. The summed E-state index contributed by atoms with van der Waals surface area (Å²) in [5.41, 5.74) is 9.03. The van der Waals surface area contributed by atoms with Gasteiger partial charge in [0.05, 0.1) is 0 Å². The summed E-state index contributed by atoms with van der Waals surface area (Å²) in [6.07, 6.45) is -0.701. The zero-order valence-electron chi connectivity index (χ0n) is 12.3. The van der Waals surface area contributed by atoms with Gasteiger partial charge >= 0.3 is 12.1 Å². The molecule has 2 aromatic rings. The molecule has 2 aromatic carbocycles. The average molecular weight is 312 g/mol. The Morgan fingerprint density at radius 2 is 1.57 bits per heavy atom. The van der Waals surface area contributed by atoms with E-state index in [4.69, 9.17) is 9.84 Å². The molecule has 0 unspecified atom stereocenters. The van der Waals surface area contributed by atoms with Gasteiger partial charge in [0, 0.05) is 5.92 Å². The van der Waals surface area contributed by atoms with Crippen molar-refractivity contribution in [1.82, 2.24) is 10.9 Å². The summed E-state index contributed by atoms with van der Waals surface area (Å²) in [5, 5.41) is 8.49. The molecule has 118 valence electrons. The number of amides is 1. The summed E-state index contributed by atoms with van der Waals surface area (Å²) in [4.78, 5) is 22.0. The van der Waals surface area contributed by atoms with Crippen LogP contribution in [0.2, 0.25) is 0 Å². The molecule has 0 aliphatic heterocycles. The molecule has 6 nitrogen and oxygen atoms in total. The topological polar surface area (TPSA) is 87.7 Å². The lowest BCUT2D eigenvalue weighted by molar-refractivity contribution is -0.136. The van der Waals surface area contributed by atoms with Gasteiger partial charge in [-0.15, -0.1) is 0 Å². The van der Waals surface area contributed by atoms with E-state index in [9.17, 15) is 9.59 Å². The highest BCUT2D eigenvalue weighted by molar-refractivity contribution is 5.79. The predicted octanol–water partition coefficient (Wildman–Crippen LogP) is 2.11. The molecule has 0 radical (unpaired) electrons. The Kier molecular flexibility index (Phi) is 4.25. The predicted molar refractivity (Wildman–Crippen MR) is 83.8 cm³/mol. The number of benzene rings is 2. The van der Waals surface area contributed by atoms with Crippen LogP contribution in [0.15, 0.2) is 48.5 Å². The fourth-order valence-corrected chi connectivity index (χ4v) is 2.83. The molecule has 1 amide bonds. The van der Waals surface area contributed by atoms with Crippen molar-refractivity contribution in [3.05, 3.63) is 59.7 Å². The highest BCUT2D eigenvalue weighted by Crippen LogP contribution is 2.44. The highest BCUT2D eigenvalue weighted by atomic mass is 16.6. The number of hydrogen-bond acceptors (Lipinski definition) is 4. The number of carbonyl (C=O) groups excluding carboxylic acids is 1. The second-order valence-electron chi connectivity index (χ2n) is 5.20. The summed E-state index contributed by atoms with van der Waals surface area (Å²) in [6, 6.07) is 16.1. The van der Waals surface area contributed by atoms with Gasteiger partial charge in [-0.05, 0) is 22.3 Å². The van der Waals surface area contributed by atoms with Crippen molar-refractivity contribution in [2.45, 2.75) is 5.92 Å². The highest BCUT2D eigenvalue weighted by Gasteiger charge is 2.28. The van der Waals surface area contributed by atoms with E-state index in [0.717, 1.165) is 22.3 Å². The summed E-state index contributed by atoms with van der Waals surface area (Å²) in [6.45, 7) is -0.182. The minimum atomic E-state index is -1.07. The number of hydrogen-bond donors (Lipinski definition) is 3. The third-order valence-electron chi connectivity index (χ3n) is 3.77. The number of aliphatic carboxylic acids is 1. The molecular formula is C17H16N2O4. The van der Waals surface area contributed by atoms with Gasteiger partial charge in [0.25, 0.3) is 0 Å². The van der Waals surface area contributed by atoms with Gasteiger partial charge in [-0.2, -0.15) is 0 Å². The van der Waals surface area contributed by atoms with Crippen molar-refractivity contribution in [3.63, 3.8) is 0 Å². The van der Waals surface area contributed by atoms with Crippen molar-refractivity contribution in [2.75, 3.05) is 13.2 Å². The third kappa shape index (κ3) is 3.17. The second-order valence-corrected chi connectivity index (χ2v) is 5.20. The minimum absolute atomic E-state index is 0.0207. The Morgan fingerprint density at radius 1 is 1.00 bits per heavy atom. The van der Waals surface area contributed by atoms with E-state index in [1.165, 1.54) is 0 Å². The molecule has 3 rings (SSSR count). The van der Waals surface area contributed by atoms with Crippen molar-refractivity contribution >= 4 is 12.1 Å². The van der Waals surface area contributed by atoms with Gasteiger partial charge in [0.15, 0.2) is 0 Å². The van der Waals surface area contributed by atoms with Crippen LogP contribution in [0.4, 0.5) is 4.79 Å². The molecule has 1 aliphatic rings. The van der Waals surface area contributed by atoms with E-state index < -0.39 is 12.1 Å². The molecule has 0 heterocycles. The maximum atomic E-state index is 11.6. The Bertz CT molecular complexity index is 699. The van der Waals surface area contributed by atoms with Crippen LogP contribution in [0.25, 0.3) is 11.1 Å².